The van der Waals surface area contributed by atoms with Crippen LogP contribution in [0.25, 0.3) is 0 Å². The summed E-state index contributed by atoms with van der Waals surface area (Å²) in [7, 11) is 3.35. The molecule has 0 unspecified atom stereocenters. The number of hydrogen-bond acceptors (Lipinski definition) is 3. The summed E-state index contributed by atoms with van der Waals surface area (Å²) in [5.74, 6) is 1.56. The molecular weight excluding hydrogens is 298 g/mol. The van der Waals surface area contributed by atoms with Crippen LogP contribution >= 0.6 is 11.6 Å². The van der Waals surface area contributed by atoms with Crippen molar-refractivity contribution in [3.05, 3.63) is 47.0 Å². The Kier molecular flexibility index (Phi) is 4.44. The van der Waals surface area contributed by atoms with Gasteiger partial charge in [0.15, 0.2) is 11.5 Å². The van der Waals surface area contributed by atoms with Crippen molar-refractivity contribution in [2.24, 2.45) is 0 Å². The van der Waals surface area contributed by atoms with Crippen LogP contribution in [0, 0.1) is 0 Å². The molecule has 116 valence electrons. The number of rotatable bonds is 3. The molecule has 0 N–H and O–H groups in total. The first-order valence-corrected chi connectivity index (χ1v) is 7.88. The molecule has 2 aromatic carbocycles. The molecule has 1 aliphatic heterocycles. The molecule has 3 nitrogen and oxygen atoms in total. The molecule has 0 aromatic heterocycles. The standard InChI is InChI=1S/C18H20ClNO2/c1-21-17-11-13-5-3-4-10-20(16(13)12-18(17)22-2)15-8-6-14(19)7-9-15/h6-9,11-12H,3-5,10H2,1-2H3. The SMILES string of the molecule is COc1cc2c(cc1OC)N(c1ccc(Cl)cc1)CCCC2. The van der Waals surface area contributed by atoms with Gasteiger partial charge >= 0.3 is 0 Å². The maximum atomic E-state index is 6.02. The lowest BCUT2D eigenvalue weighted by Gasteiger charge is -2.26. The minimum atomic E-state index is 0.756. The van der Waals surface area contributed by atoms with E-state index in [2.05, 4.69) is 29.2 Å². The third-order valence-electron chi connectivity index (χ3n) is 4.09. The van der Waals surface area contributed by atoms with Crippen LogP contribution in [0.3, 0.4) is 0 Å². The highest BCUT2D eigenvalue weighted by Crippen LogP contribution is 2.40. The predicted octanol–water partition coefficient (Wildman–Crippen LogP) is 4.83. The van der Waals surface area contributed by atoms with Gasteiger partial charge in [0.25, 0.3) is 0 Å². The van der Waals surface area contributed by atoms with Crippen LogP contribution in [0.1, 0.15) is 18.4 Å². The largest absolute Gasteiger partial charge is 0.493 e. The zero-order valence-corrected chi connectivity index (χ0v) is 13.7. The number of nitrogens with zero attached hydrogens (tertiary/aromatic N) is 1. The summed E-state index contributed by atoms with van der Waals surface area (Å²) in [6.07, 6.45) is 3.38. The van der Waals surface area contributed by atoms with Crippen LogP contribution in [-0.4, -0.2) is 20.8 Å². The van der Waals surface area contributed by atoms with Gasteiger partial charge in [0.1, 0.15) is 0 Å². The number of fused-ring (bicyclic) bond motifs is 1. The van der Waals surface area contributed by atoms with Crippen molar-refractivity contribution in [3.8, 4) is 11.5 Å². The summed E-state index contributed by atoms with van der Waals surface area (Å²) in [5.41, 5.74) is 3.64. The summed E-state index contributed by atoms with van der Waals surface area (Å²) in [6.45, 7) is 0.990. The Morgan fingerprint density at radius 2 is 1.64 bits per heavy atom. The lowest BCUT2D eigenvalue weighted by atomic mass is 10.1. The van der Waals surface area contributed by atoms with Crippen molar-refractivity contribution in [2.75, 3.05) is 25.7 Å². The summed E-state index contributed by atoms with van der Waals surface area (Å²) in [5, 5.41) is 0.756. The number of methoxy groups -OCH3 is 2. The van der Waals surface area contributed by atoms with E-state index in [4.69, 9.17) is 21.1 Å². The molecule has 0 fully saturated rings. The van der Waals surface area contributed by atoms with Crippen molar-refractivity contribution in [1.82, 2.24) is 0 Å². The molecule has 1 heterocycles. The Morgan fingerprint density at radius 3 is 2.32 bits per heavy atom. The van der Waals surface area contributed by atoms with Crippen LogP contribution in [0.4, 0.5) is 11.4 Å². The van der Waals surface area contributed by atoms with Crippen LogP contribution in [0.5, 0.6) is 11.5 Å². The topological polar surface area (TPSA) is 21.7 Å². The van der Waals surface area contributed by atoms with Crippen molar-refractivity contribution in [1.29, 1.82) is 0 Å². The second-order valence-electron chi connectivity index (χ2n) is 5.42. The van der Waals surface area contributed by atoms with Gasteiger partial charge < -0.3 is 14.4 Å². The van der Waals surface area contributed by atoms with Gasteiger partial charge in [-0.2, -0.15) is 0 Å². The van der Waals surface area contributed by atoms with Gasteiger partial charge in [-0.05, 0) is 55.2 Å². The average molecular weight is 318 g/mol. The van der Waals surface area contributed by atoms with Crippen molar-refractivity contribution >= 4 is 23.0 Å². The summed E-state index contributed by atoms with van der Waals surface area (Å²) in [6, 6.07) is 12.2. The molecule has 4 heteroatoms. The minimum Gasteiger partial charge on any atom is -0.493 e. The molecule has 0 atom stereocenters. The number of hydrogen-bond donors (Lipinski definition) is 0. The highest BCUT2D eigenvalue weighted by Gasteiger charge is 2.20. The van der Waals surface area contributed by atoms with Crippen molar-refractivity contribution in [3.63, 3.8) is 0 Å². The summed E-state index contributed by atoms with van der Waals surface area (Å²) < 4.78 is 10.9. The van der Waals surface area contributed by atoms with Gasteiger partial charge in [-0.15, -0.1) is 0 Å². The molecule has 0 saturated carbocycles. The van der Waals surface area contributed by atoms with E-state index in [1.807, 2.05) is 12.1 Å². The quantitative estimate of drug-likeness (QED) is 0.809. The van der Waals surface area contributed by atoms with E-state index in [1.54, 1.807) is 14.2 Å². The first-order valence-electron chi connectivity index (χ1n) is 7.51. The highest BCUT2D eigenvalue weighted by atomic mass is 35.5. The molecule has 0 aliphatic carbocycles. The van der Waals surface area contributed by atoms with Crippen LogP contribution < -0.4 is 14.4 Å². The number of anilines is 2. The molecule has 0 amide bonds. The van der Waals surface area contributed by atoms with Gasteiger partial charge in [0.05, 0.1) is 14.2 Å². The van der Waals surface area contributed by atoms with Gasteiger partial charge in [-0.25, -0.2) is 0 Å². The van der Waals surface area contributed by atoms with E-state index < -0.39 is 0 Å². The Bertz CT molecular complexity index is 655. The van der Waals surface area contributed by atoms with Gasteiger partial charge in [0, 0.05) is 29.0 Å². The normalized spacial score (nSPS) is 14.2. The van der Waals surface area contributed by atoms with Crippen LogP contribution in [-0.2, 0) is 6.42 Å². The van der Waals surface area contributed by atoms with Crippen LogP contribution in [0.15, 0.2) is 36.4 Å². The first kappa shape index (κ1) is 15.0. The van der Waals surface area contributed by atoms with Crippen LogP contribution in [0.2, 0.25) is 5.02 Å². The molecule has 0 radical (unpaired) electrons. The highest BCUT2D eigenvalue weighted by molar-refractivity contribution is 6.30. The number of ether oxygens (including phenoxy) is 2. The van der Waals surface area contributed by atoms with Gasteiger partial charge in [0.2, 0.25) is 0 Å². The zero-order valence-electron chi connectivity index (χ0n) is 12.9. The van der Waals surface area contributed by atoms with E-state index in [-0.39, 0.29) is 0 Å². The third-order valence-corrected chi connectivity index (χ3v) is 4.34. The Morgan fingerprint density at radius 1 is 0.955 bits per heavy atom. The second-order valence-corrected chi connectivity index (χ2v) is 5.86. The number of halogens is 1. The average Bonchev–Trinajstić information content (AvgIpc) is 2.76. The van der Waals surface area contributed by atoms with E-state index >= 15 is 0 Å². The van der Waals surface area contributed by atoms with Gasteiger partial charge in [-0.1, -0.05) is 11.6 Å². The maximum absolute atomic E-state index is 6.02. The summed E-state index contributed by atoms with van der Waals surface area (Å²) >= 11 is 6.02. The number of aryl methyl sites for hydroxylation is 1. The fourth-order valence-electron chi connectivity index (χ4n) is 2.96. The predicted molar refractivity (Wildman–Crippen MR) is 90.9 cm³/mol. The minimum absolute atomic E-state index is 0.756. The Balaban J connectivity index is 2.09. The lowest BCUT2D eigenvalue weighted by molar-refractivity contribution is 0.354. The molecular formula is C18H20ClNO2. The smallest absolute Gasteiger partial charge is 0.162 e. The molecule has 22 heavy (non-hydrogen) atoms. The van der Waals surface area contributed by atoms with E-state index in [9.17, 15) is 0 Å². The Labute approximate surface area is 136 Å². The molecule has 1 aliphatic rings. The van der Waals surface area contributed by atoms with Gasteiger partial charge in [-0.3, -0.25) is 0 Å². The monoisotopic (exact) mass is 317 g/mol. The molecule has 0 spiro atoms. The van der Waals surface area contributed by atoms with E-state index in [0.717, 1.165) is 41.6 Å². The lowest BCUT2D eigenvalue weighted by Crippen LogP contribution is -2.18. The zero-order chi connectivity index (χ0) is 15.5. The molecule has 2 aromatic rings. The van der Waals surface area contributed by atoms with E-state index in [1.165, 1.54) is 17.7 Å². The van der Waals surface area contributed by atoms with E-state index in [0.29, 0.717) is 0 Å². The third kappa shape index (κ3) is 2.86. The molecule has 0 saturated heterocycles. The van der Waals surface area contributed by atoms with Crippen molar-refractivity contribution < 1.29 is 9.47 Å². The fourth-order valence-corrected chi connectivity index (χ4v) is 3.08. The molecule has 3 rings (SSSR count). The maximum Gasteiger partial charge on any atom is 0.162 e. The Hall–Kier alpha value is -1.87. The number of benzene rings is 2. The first-order chi connectivity index (χ1) is 10.7. The second kappa shape index (κ2) is 6.49. The fraction of sp³-hybridized carbons (Fsp3) is 0.333. The molecule has 0 bridgehead atoms. The summed E-state index contributed by atoms with van der Waals surface area (Å²) in [4.78, 5) is 2.33. The van der Waals surface area contributed by atoms with Crippen molar-refractivity contribution in [2.45, 2.75) is 19.3 Å².